The number of allylic oxidation sites excluding steroid dienone is 4. The number of rotatable bonds is 1. The van der Waals surface area contributed by atoms with Gasteiger partial charge < -0.3 is 10.0 Å². The zero-order chi connectivity index (χ0) is 20.4. The lowest BCUT2D eigenvalue weighted by molar-refractivity contribution is -0.119. The van der Waals surface area contributed by atoms with Gasteiger partial charge >= 0.3 is 0 Å². The Labute approximate surface area is 166 Å². The molecule has 28 heavy (non-hydrogen) atoms. The van der Waals surface area contributed by atoms with Crippen LogP contribution in [0.25, 0.3) is 0 Å². The molecule has 0 bridgehead atoms. The highest BCUT2D eigenvalue weighted by Gasteiger charge is 2.48. The third kappa shape index (κ3) is 2.90. The largest absolute Gasteiger partial charge is 0.508 e. The van der Waals surface area contributed by atoms with Crippen molar-refractivity contribution in [2.24, 2.45) is 10.8 Å². The molecule has 4 nitrogen and oxygen atoms in total. The van der Waals surface area contributed by atoms with Crippen LogP contribution < -0.4 is 0 Å². The molecule has 0 fully saturated rings. The average Bonchev–Trinajstić information content (AvgIpc) is 2.56. The Bertz CT molecular complexity index is 894. The molecule has 148 valence electrons. The summed E-state index contributed by atoms with van der Waals surface area (Å²) in [5, 5.41) is 10.6. The third-order valence-electron chi connectivity index (χ3n) is 6.43. The van der Waals surface area contributed by atoms with E-state index in [0.29, 0.717) is 29.6 Å². The Hall–Kier alpha value is -2.36. The van der Waals surface area contributed by atoms with E-state index in [1.165, 1.54) is 0 Å². The lowest BCUT2D eigenvalue weighted by Crippen LogP contribution is -2.43. The molecule has 0 amide bonds. The number of ketones is 2. The normalized spacial score (nSPS) is 24.4. The van der Waals surface area contributed by atoms with Gasteiger partial charge in [-0.1, -0.05) is 45.9 Å². The van der Waals surface area contributed by atoms with E-state index in [-0.39, 0.29) is 28.1 Å². The number of phenols is 1. The summed E-state index contributed by atoms with van der Waals surface area (Å²) >= 11 is 0. The first-order valence-corrected chi connectivity index (χ1v) is 10.0. The summed E-state index contributed by atoms with van der Waals surface area (Å²) in [4.78, 5) is 28.7. The highest BCUT2D eigenvalue weighted by molar-refractivity contribution is 6.07. The molecule has 0 aromatic heterocycles. The van der Waals surface area contributed by atoms with Gasteiger partial charge in [-0.25, -0.2) is 0 Å². The van der Waals surface area contributed by atoms with E-state index in [1.807, 2.05) is 19.2 Å². The van der Waals surface area contributed by atoms with E-state index in [9.17, 15) is 14.7 Å². The van der Waals surface area contributed by atoms with Crippen LogP contribution in [-0.4, -0.2) is 28.6 Å². The smallest absolute Gasteiger partial charge is 0.162 e. The molecule has 0 atom stereocenters. The molecule has 0 radical (unpaired) electrons. The van der Waals surface area contributed by atoms with Crippen LogP contribution in [-0.2, 0) is 9.59 Å². The SMILES string of the molecule is CN1C2=C(C(=O)CC(C)(C)C2)C(c2ccccc2O)C2=C1CC(C)(C)CC2=O. The molecule has 0 spiro atoms. The Morgan fingerprint density at radius 1 is 0.857 bits per heavy atom. The summed E-state index contributed by atoms with van der Waals surface area (Å²) in [7, 11) is 2.00. The van der Waals surface area contributed by atoms with Crippen LogP contribution in [0.4, 0.5) is 0 Å². The van der Waals surface area contributed by atoms with E-state index in [2.05, 4.69) is 32.6 Å². The molecule has 4 rings (SSSR count). The molecular weight excluding hydrogens is 350 g/mol. The van der Waals surface area contributed by atoms with Gasteiger partial charge in [0.15, 0.2) is 11.6 Å². The van der Waals surface area contributed by atoms with Gasteiger partial charge in [-0.15, -0.1) is 0 Å². The highest BCUT2D eigenvalue weighted by Crippen LogP contribution is 2.54. The van der Waals surface area contributed by atoms with Gasteiger partial charge in [-0.2, -0.15) is 0 Å². The number of carbonyl (C=O) groups excluding carboxylic acids is 2. The quantitative estimate of drug-likeness (QED) is 0.768. The number of hydrogen-bond donors (Lipinski definition) is 1. The van der Waals surface area contributed by atoms with E-state index >= 15 is 0 Å². The summed E-state index contributed by atoms with van der Waals surface area (Å²) in [6.07, 6.45) is 2.51. The summed E-state index contributed by atoms with van der Waals surface area (Å²) in [6, 6.07) is 7.13. The summed E-state index contributed by atoms with van der Waals surface area (Å²) in [5.74, 6) is -0.133. The molecule has 0 saturated heterocycles. The maximum absolute atomic E-state index is 13.3. The first-order chi connectivity index (χ1) is 13.0. The standard InChI is InChI=1S/C24H29NO3/c1-23(2)10-15-21(18(27)12-23)20(14-8-6-7-9-17(14)26)22-16(25(15)5)11-24(3,4)13-19(22)28/h6-9,20,26H,10-13H2,1-5H3. The average molecular weight is 380 g/mol. The minimum Gasteiger partial charge on any atom is -0.508 e. The van der Waals surface area contributed by atoms with Gasteiger partial charge in [0.25, 0.3) is 0 Å². The van der Waals surface area contributed by atoms with Gasteiger partial charge in [-0.3, -0.25) is 9.59 Å². The lowest BCUT2D eigenvalue weighted by atomic mass is 9.63. The summed E-state index contributed by atoms with van der Waals surface area (Å²) < 4.78 is 0. The van der Waals surface area contributed by atoms with Crippen molar-refractivity contribution < 1.29 is 14.7 Å². The topological polar surface area (TPSA) is 57.6 Å². The van der Waals surface area contributed by atoms with E-state index in [4.69, 9.17) is 0 Å². The zero-order valence-corrected chi connectivity index (χ0v) is 17.4. The van der Waals surface area contributed by atoms with Crippen molar-refractivity contribution in [1.29, 1.82) is 0 Å². The van der Waals surface area contributed by atoms with Gasteiger partial charge in [0, 0.05) is 53.9 Å². The minimum atomic E-state index is -0.463. The molecular formula is C24H29NO3. The van der Waals surface area contributed by atoms with Crippen molar-refractivity contribution in [1.82, 2.24) is 4.90 Å². The number of carbonyl (C=O) groups is 2. The number of phenolic OH excluding ortho intramolecular Hbond substituents is 1. The molecule has 0 unspecified atom stereocenters. The molecule has 1 aromatic rings. The number of para-hydroxylation sites is 1. The molecule has 1 aromatic carbocycles. The van der Waals surface area contributed by atoms with Crippen LogP contribution in [0.2, 0.25) is 0 Å². The van der Waals surface area contributed by atoms with Gasteiger partial charge in [0.2, 0.25) is 0 Å². The fraction of sp³-hybridized carbons (Fsp3) is 0.500. The predicted octanol–water partition coefficient (Wildman–Crippen LogP) is 4.71. The number of hydrogen-bond acceptors (Lipinski definition) is 4. The van der Waals surface area contributed by atoms with Crippen LogP contribution in [0.3, 0.4) is 0 Å². The fourth-order valence-corrected chi connectivity index (χ4v) is 5.21. The van der Waals surface area contributed by atoms with E-state index in [1.54, 1.807) is 12.1 Å². The van der Waals surface area contributed by atoms with E-state index in [0.717, 1.165) is 24.2 Å². The van der Waals surface area contributed by atoms with Crippen molar-refractivity contribution in [3.05, 3.63) is 52.4 Å². The monoisotopic (exact) mass is 379 g/mol. The number of Topliss-reactive ketones (excluding diaryl/α,β-unsaturated/α-hetero) is 2. The van der Waals surface area contributed by atoms with Crippen LogP contribution in [0.1, 0.15) is 64.9 Å². The van der Waals surface area contributed by atoms with Crippen LogP contribution in [0, 0.1) is 10.8 Å². The van der Waals surface area contributed by atoms with Gasteiger partial charge in [-0.05, 0) is 29.7 Å². The second kappa shape index (κ2) is 6.07. The summed E-state index contributed by atoms with van der Waals surface area (Å²) in [6.45, 7) is 8.49. The third-order valence-corrected chi connectivity index (χ3v) is 6.43. The Morgan fingerprint density at radius 3 is 1.79 bits per heavy atom. The molecule has 1 N–H and O–H groups in total. The van der Waals surface area contributed by atoms with Crippen LogP contribution >= 0.6 is 0 Å². The van der Waals surface area contributed by atoms with E-state index < -0.39 is 5.92 Å². The van der Waals surface area contributed by atoms with Crippen molar-refractivity contribution >= 4 is 11.6 Å². The minimum absolute atomic E-state index is 0.0931. The Balaban J connectivity index is 1.99. The highest BCUT2D eigenvalue weighted by atomic mass is 16.3. The molecule has 2 aliphatic carbocycles. The molecule has 1 heterocycles. The van der Waals surface area contributed by atoms with Crippen LogP contribution in [0.15, 0.2) is 46.8 Å². The van der Waals surface area contributed by atoms with Crippen molar-refractivity contribution in [3.63, 3.8) is 0 Å². The number of nitrogens with zero attached hydrogens (tertiary/aromatic N) is 1. The van der Waals surface area contributed by atoms with Crippen molar-refractivity contribution in [2.75, 3.05) is 7.05 Å². The molecule has 4 heteroatoms. The fourth-order valence-electron chi connectivity index (χ4n) is 5.21. The maximum atomic E-state index is 13.3. The first kappa shape index (κ1) is 19.0. The van der Waals surface area contributed by atoms with Crippen molar-refractivity contribution in [3.8, 4) is 5.75 Å². The first-order valence-electron chi connectivity index (χ1n) is 10.0. The van der Waals surface area contributed by atoms with Gasteiger partial charge in [0.1, 0.15) is 5.75 Å². The molecule has 3 aliphatic rings. The second-order valence-electron chi connectivity index (χ2n) is 10.2. The lowest BCUT2D eigenvalue weighted by Gasteiger charge is -2.47. The maximum Gasteiger partial charge on any atom is 0.162 e. The Kier molecular flexibility index (Phi) is 4.11. The molecule has 1 aliphatic heterocycles. The Morgan fingerprint density at radius 2 is 1.32 bits per heavy atom. The predicted molar refractivity (Wildman–Crippen MR) is 109 cm³/mol. The molecule has 0 saturated carbocycles. The van der Waals surface area contributed by atoms with Crippen molar-refractivity contribution in [2.45, 2.75) is 59.3 Å². The van der Waals surface area contributed by atoms with Crippen LogP contribution in [0.5, 0.6) is 5.75 Å². The number of aromatic hydroxyl groups is 1. The second-order valence-corrected chi connectivity index (χ2v) is 10.2. The number of benzene rings is 1. The van der Waals surface area contributed by atoms with Gasteiger partial charge in [0.05, 0.1) is 0 Å². The zero-order valence-electron chi connectivity index (χ0n) is 17.4. The summed E-state index contributed by atoms with van der Waals surface area (Å²) in [5.41, 5.74) is 3.87.